The first kappa shape index (κ1) is 12.2. The molecule has 2 heteroatoms. The number of rotatable bonds is 8. The van der Waals surface area contributed by atoms with Crippen molar-refractivity contribution in [2.45, 2.75) is 12.8 Å². The quantitative estimate of drug-likeness (QED) is 0.342. The predicted molar refractivity (Wildman–Crippen MR) is 58.6 cm³/mol. The molecule has 0 aromatic heterocycles. The highest BCUT2D eigenvalue weighted by Crippen LogP contribution is 1.91. The second-order valence-electron chi connectivity index (χ2n) is 3.12. The van der Waals surface area contributed by atoms with Crippen LogP contribution in [0.1, 0.15) is 12.8 Å². The normalized spacial score (nSPS) is 9.92. The van der Waals surface area contributed by atoms with Crippen LogP contribution in [0.5, 0.6) is 0 Å². The second kappa shape index (κ2) is 9.31. The number of nitrogens with zero attached hydrogens (tertiary/aromatic N) is 1. The van der Waals surface area contributed by atoms with Crippen LogP contribution < -0.4 is 5.32 Å². The molecule has 0 heterocycles. The van der Waals surface area contributed by atoms with E-state index in [9.17, 15) is 0 Å². The SMILES string of the molecule is C#CCNCCN(C)CCCC=C. The summed E-state index contributed by atoms with van der Waals surface area (Å²) in [4.78, 5) is 2.30. The van der Waals surface area contributed by atoms with E-state index in [1.807, 2.05) is 6.08 Å². The zero-order valence-electron chi connectivity index (χ0n) is 8.55. The van der Waals surface area contributed by atoms with Crippen LogP contribution in [0.15, 0.2) is 12.7 Å². The van der Waals surface area contributed by atoms with Gasteiger partial charge in [0.15, 0.2) is 0 Å². The molecule has 0 bridgehead atoms. The molecule has 0 aliphatic carbocycles. The van der Waals surface area contributed by atoms with Gasteiger partial charge in [0.25, 0.3) is 0 Å². The van der Waals surface area contributed by atoms with Gasteiger partial charge < -0.3 is 10.2 Å². The maximum atomic E-state index is 5.11. The van der Waals surface area contributed by atoms with Crippen LogP contribution in [0.25, 0.3) is 0 Å². The molecule has 0 radical (unpaired) electrons. The number of allylic oxidation sites excluding steroid dienone is 1. The molecule has 0 saturated carbocycles. The Kier molecular flexibility index (Phi) is 8.75. The molecular weight excluding hydrogens is 160 g/mol. The Morgan fingerprint density at radius 1 is 1.54 bits per heavy atom. The van der Waals surface area contributed by atoms with Crippen molar-refractivity contribution >= 4 is 0 Å². The van der Waals surface area contributed by atoms with E-state index in [2.05, 4.69) is 29.8 Å². The third-order valence-electron chi connectivity index (χ3n) is 1.85. The summed E-state index contributed by atoms with van der Waals surface area (Å²) in [6.45, 7) is 7.51. The van der Waals surface area contributed by atoms with Gasteiger partial charge in [-0.25, -0.2) is 0 Å². The van der Waals surface area contributed by atoms with Crippen molar-refractivity contribution in [3.8, 4) is 12.3 Å². The smallest absolute Gasteiger partial charge is 0.0574 e. The number of nitrogens with one attached hydrogen (secondary N) is 1. The van der Waals surface area contributed by atoms with E-state index >= 15 is 0 Å². The van der Waals surface area contributed by atoms with Crippen molar-refractivity contribution in [2.75, 3.05) is 33.2 Å². The van der Waals surface area contributed by atoms with Crippen LogP contribution in [0, 0.1) is 12.3 Å². The molecule has 1 N–H and O–H groups in total. The Labute approximate surface area is 82.0 Å². The van der Waals surface area contributed by atoms with Crippen LogP contribution in [0.4, 0.5) is 0 Å². The molecule has 0 amide bonds. The lowest BCUT2D eigenvalue weighted by Gasteiger charge is -2.15. The number of hydrogen-bond donors (Lipinski definition) is 1. The van der Waals surface area contributed by atoms with Gasteiger partial charge in [-0.15, -0.1) is 13.0 Å². The second-order valence-corrected chi connectivity index (χ2v) is 3.12. The molecular formula is C11H20N2. The van der Waals surface area contributed by atoms with Crippen molar-refractivity contribution in [1.29, 1.82) is 0 Å². The lowest BCUT2D eigenvalue weighted by Crippen LogP contribution is -2.30. The van der Waals surface area contributed by atoms with Crippen molar-refractivity contribution in [1.82, 2.24) is 10.2 Å². The van der Waals surface area contributed by atoms with Crippen LogP contribution in [-0.2, 0) is 0 Å². The summed E-state index contributed by atoms with van der Waals surface area (Å²) in [5.74, 6) is 2.55. The fourth-order valence-corrected chi connectivity index (χ4v) is 1.05. The van der Waals surface area contributed by atoms with Gasteiger partial charge in [-0.3, -0.25) is 0 Å². The summed E-state index contributed by atoms with van der Waals surface area (Å²) < 4.78 is 0. The van der Waals surface area contributed by atoms with Crippen LogP contribution in [-0.4, -0.2) is 38.1 Å². The fourth-order valence-electron chi connectivity index (χ4n) is 1.05. The molecule has 0 unspecified atom stereocenters. The van der Waals surface area contributed by atoms with Gasteiger partial charge in [0.05, 0.1) is 6.54 Å². The van der Waals surface area contributed by atoms with Gasteiger partial charge in [0, 0.05) is 13.1 Å². The first-order valence-corrected chi connectivity index (χ1v) is 4.75. The number of unbranched alkanes of at least 4 members (excludes halogenated alkanes) is 1. The summed E-state index contributed by atoms with van der Waals surface area (Å²) in [7, 11) is 2.13. The van der Waals surface area contributed by atoms with Gasteiger partial charge in [0.2, 0.25) is 0 Å². The Hall–Kier alpha value is -0.780. The summed E-state index contributed by atoms with van der Waals surface area (Å²) in [6.07, 6.45) is 9.36. The van der Waals surface area contributed by atoms with E-state index in [1.165, 1.54) is 6.42 Å². The molecule has 0 fully saturated rings. The van der Waals surface area contributed by atoms with Gasteiger partial charge in [0.1, 0.15) is 0 Å². The molecule has 0 rings (SSSR count). The molecule has 2 nitrogen and oxygen atoms in total. The Morgan fingerprint density at radius 3 is 2.92 bits per heavy atom. The standard InChI is InChI=1S/C11H20N2/c1-4-6-7-10-13(3)11-9-12-8-5-2/h2,4,12H,1,6-11H2,3H3. The van der Waals surface area contributed by atoms with Crippen molar-refractivity contribution in [3.05, 3.63) is 12.7 Å². The Balaban J connectivity index is 3.15. The maximum absolute atomic E-state index is 5.11. The van der Waals surface area contributed by atoms with E-state index in [4.69, 9.17) is 6.42 Å². The van der Waals surface area contributed by atoms with Crippen molar-refractivity contribution < 1.29 is 0 Å². The van der Waals surface area contributed by atoms with E-state index < -0.39 is 0 Å². The van der Waals surface area contributed by atoms with Crippen LogP contribution in [0.3, 0.4) is 0 Å². The topological polar surface area (TPSA) is 15.3 Å². The predicted octanol–water partition coefficient (Wildman–Crippen LogP) is 1.11. The lowest BCUT2D eigenvalue weighted by atomic mass is 10.3. The maximum Gasteiger partial charge on any atom is 0.0574 e. The molecule has 0 aromatic rings. The number of likely N-dealkylation sites (N-methyl/N-ethyl adjacent to an activating group) is 1. The zero-order valence-corrected chi connectivity index (χ0v) is 8.55. The minimum absolute atomic E-state index is 0.667. The minimum atomic E-state index is 0.667. The zero-order chi connectivity index (χ0) is 9.94. The third-order valence-corrected chi connectivity index (χ3v) is 1.85. The first-order valence-electron chi connectivity index (χ1n) is 4.75. The average Bonchev–Trinajstić information content (AvgIpc) is 2.13. The van der Waals surface area contributed by atoms with Crippen molar-refractivity contribution in [3.63, 3.8) is 0 Å². The highest BCUT2D eigenvalue weighted by molar-refractivity contribution is 4.86. The molecule has 0 saturated heterocycles. The Bertz CT molecular complexity index is 158. The molecule has 0 aromatic carbocycles. The molecule has 0 aliphatic heterocycles. The minimum Gasteiger partial charge on any atom is -0.305 e. The average molecular weight is 180 g/mol. The van der Waals surface area contributed by atoms with Crippen LogP contribution in [0.2, 0.25) is 0 Å². The van der Waals surface area contributed by atoms with Gasteiger partial charge >= 0.3 is 0 Å². The molecule has 0 atom stereocenters. The third kappa shape index (κ3) is 9.13. The van der Waals surface area contributed by atoms with E-state index in [1.54, 1.807) is 0 Å². The summed E-state index contributed by atoms with van der Waals surface area (Å²) in [5.41, 5.74) is 0. The first-order chi connectivity index (χ1) is 6.31. The molecule has 0 aliphatic rings. The highest BCUT2D eigenvalue weighted by Gasteiger charge is 1.95. The Morgan fingerprint density at radius 2 is 2.31 bits per heavy atom. The monoisotopic (exact) mass is 180 g/mol. The van der Waals surface area contributed by atoms with Gasteiger partial charge in [-0.05, 0) is 26.4 Å². The highest BCUT2D eigenvalue weighted by atomic mass is 15.1. The molecule has 13 heavy (non-hydrogen) atoms. The van der Waals surface area contributed by atoms with E-state index in [-0.39, 0.29) is 0 Å². The summed E-state index contributed by atoms with van der Waals surface area (Å²) in [6, 6.07) is 0. The number of terminal acetylenes is 1. The van der Waals surface area contributed by atoms with Gasteiger partial charge in [-0.1, -0.05) is 12.0 Å². The summed E-state index contributed by atoms with van der Waals surface area (Å²) >= 11 is 0. The largest absolute Gasteiger partial charge is 0.305 e. The molecule has 0 spiro atoms. The van der Waals surface area contributed by atoms with Crippen molar-refractivity contribution in [2.24, 2.45) is 0 Å². The van der Waals surface area contributed by atoms with E-state index in [0.29, 0.717) is 6.54 Å². The van der Waals surface area contributed by atoms with E-state index in [0.717, 1.165) is 26.1 Å². The van der Waals surface area contributed by atoms with Crippen LogP contribution >= 0.6 is 0 Å². The lowest BCUT2D eigenvalue weighted by molar-refractivity contribution is 0.330. The fraction of sp³-hybridized carbons (Fsp3) is 0.636. The number of hydrogen-bond acceptors (Lipinski definition) is 2. The molecule has 74 valence electrons. The van der Waals surface area contributed by atoms with Gasteiger partial charge in [-0.2, -0.15) is 0 Å². The summed E-state index contributed by atoms with van der Waals surface area (Å²) in [5, 5.41) is 3.16.